The van der Waals surface area contributed by atoms with Crippen molar-refractivity contribution >= 4 is 60.6 Å². The molecule has 0 aliphatic carbocycles. The van der Waals surface area contributed by atoms with Crippen LogP contribution in [0.3, 0.4) is 0 Å². The standard InChI is InChI=1S/C42H27N5O/c1-3-13-27(14-4-1)38-30-18-7-8-19-31(30)39(34-24-36-32(23-33(34)38)29-17-9-10-20-35(29)48-36)40-41(42-44-25-43-26-45-42)47(28-15-5-2-6-16-28)37-21-11-12-22-46(37)40/h1-21,23-26H,22H2. The topological polar surface area (TPSA) is 58.3 Å². The number of nitrogens with zero attached hydrogens (tertiary/aromatic N) is 5. The second kappa shape index (κ2) is 10.5. The van der Waals surface area contributed by atoms with E-state index in [4.69, 9.17) is 14.4 Å². The largest absolute Gasteiger partial charge is 0.456 e. The Morgan fingerprint density at radius 3 is 2.02 bits per heavy atom. The first-order valence-corrected chi connectivity index (χ1v) is 16.1. The number of rotatable bonds is 4. The van der Waals surface area contributed by atoms with Gasteiger partial charge in [0.2, 0.25) is 0 Å². The molecule has 0 unspecified atom stereocenters. The molecule has 8 aromatic rings. The monoisotopic (exact) mass is 617 g/mol. The van der Waals surface area contributed by atoms with Crippen molar-refractivity contribution in [1.82, 2.24) is 19.9 Å². The Balaban J connectivity index is 1.42. The molecule has 4 heterocycles. The Morgan fingerprint density at radius 1 is 0.562 bits per heavy atom. The average Bonchev–Trinajstić information content (AvgIpc) is 3.69. The summed E-state index contributed by atoms with van der Waals surface area (Å²) >= 11 is 0. The number of aromatic nitrogens is 3. The summed E-state index contributed by atoms with van der Waals surface area (Å²) in [4.78, 5) is 18.4. The van der Waals surface area contributed by atoms with Crippen molar-refractivity contribution < 1.29 is 4.42 Å². The van der Waals surface area contributed by atoms with E-state index < -0.39 is 0 Å². The van der Waals surface area contributed by atoms with Gasteiger partial charge >= 0.3 is 0 Å². The zero-order valence-corrected chi connectivity index (χ0v) is 25.8. The van der Waals surface area contributed by atoms with E-state index in [-0.39, 0.29) is 0 Å². The minimum absolute atomic E-state index is 0.605. The number of hydrogen-bond donors (Lipinski definition) is 0. The average molecular weight is 618 g/mol. The minimum Gasteiger partial charge on any atom is -0.456 e. The molecule has 0 N–H and O–H groups in total. The highest BCUT2D eigenvalue weighted by Crippen LogP contribution is 2.51. The molecule has 0 radical (unpaired) electrons. The lowest BCUT2D eigenvalue weighted by molar-refractivity contribution is 0.547. The van der Waals surface area contributed by atoms with Gasteiger partial charge in [-0.05, 0) is 69.1 Å². The molecule has 48 heavy (non-hydrogen) atoms. The number of fused-ring (bicyclic) bond motifs is 6. The van der Waals surface area contributed by atoms with Gasteiger partial charge in [-0.15, -0.1) is 0 Å². The quantitative estimate of drug-likeness (QED) is 0.183. The van der Waals surface area contributed by atoms with Crippen LogP contribution in [0.15, 0.2) is 162 Å². The minimum atomic E-state index is 0.605. The molecule has 0 saturated carbocycles. The Kier molecular flexibility index (Phi) is 5.84. The first kappa shape index (κ1) is 26.7. The second-order valence-electron chi connectivity index (χ2n) is 12.0. The molecule has 6 nitrogen and oxygen atoms in total. The summed E-state index contributed by atoms with van der Waals surface area (Å²) in [7, 11) is 0. The van der Waals surface area contributed by atoms with E-state index in [1.807, 2.05) is 18.2 Å². The number of para-hydroxylation sites is 2. The summed E-state index contributed by atoms with van der Waals surface area (Å²) in [5.41, 5.74) is 8.19. The summed E-state index contributed by atoms with van der Waals surface area (Å²) in [6.07, 6.45) is 9.65. The van der Waals surface area contributed by atoms with E-state index in [2.05, 4.69) is 136 Å². The SMILES string of the molecule is C1=CCN2C(=C1)N(c1ccccc1)C(c1ncncn1)=C2c1c2ccccc2c(-c2ccccc2)c2cc3c(cc12)oc1ccccc13. The Bertz CT molecular complexity index is 2640. The maximum Gasteiger partial charge on any atom is 0.181 e. The van der Waals surface area contributed by atoms with Gasteiger partial charge in [0.05, 0.1) is 5.70 Å². The van der Waals surface area contributed by atoms with E-state index in [1.54, 1.807) is 12.7 Å². The molecule has 2 aromatic heterocycles. The van der Waals surface area contributed by atoms with Gasteiger partial charge in [-0.3, -0.25) is 4.90 Å². The van der Waals surface area contributed by atoms with Crippen molar-refractivity contribution in [2.75, 3.05) is 11.4 Å². The zero-order chi connectivity index (χ0) is 31.6. The normalized spacial score (nSPS) is 14.5. The summed E-state index contributed by atoms with van der Waals surface area (Å²) in [5, 5.41) is 6.79. The maximum atomic E-state index is 6.55. The van der Waals surface area contributed by atoms with Gasteiger partial charge in [0.1, 0.15) is 35.3 Å². The molecule has 0 amide bonds. The lowest BCUT2D eigenvalue weighted by atomic mass is 9.86. The first-order chi connectivity index (χ1) is 23.8. The van der Waals surface area contributed by atoms with E-state index in [1.165, 1.54) is 16.5 Å². The Morgan fingerprint density at radius 2 is 1.23 bits per heavy atom. The van der Waals surface area contributed by atoms with Crippen LogP contribution in [0.1, 0.15) is 11.4 Å². The van der Waals surface area contributed by atoms with Crippen LogP contribution in [0.5, 0.6) is 0 Å². The van der Waals surface area contributed by atoms with E-state index in [0.29, 0.717) is 12.4 Å². The molecular weight excluding hydrogens is 590 g/mol. The molecule has 6 heteroatoms. The van der Waals surface area contributed by atoms with Crippen LogP contribution >= 0.6 is 0 Å². The molecule has 0 spiro atoms. The maximum absolute atomic E-state index is 6.55. The third-order valence-electron chi connectivity index (χ3n) is 9.43. The van der Waals surface area contributed by atoms with E-state index >= 15 is 0 Å². The molecule has 226 valence electrons. The van der Waals surface area contributed by atoms with Gasteiger partial charge in [-0.25, -0.2) is 15.0 Å². The number of furan rings is 1. The van der Waals surface area contributed by atoms with Crippen LogP contribution in [-0.4, -0.2) is 26.4 Å². The highest BCUT2D eigenvalue weighted by molar-refractivity contribution is 6.24. The fourth-order valence-corrected chi connectivity index (χ4v) is 7.48. The molecule has 6 aromatic carbocycles. The van der Waals surface area contributed by atoms with Crippen molar-refractivity contribution in [3.8, 4) is 11.1 Å². The van der Waals surface area contributed by atoms with Gasteiger partial charge in [0.15, 0.2) is 5.82 Å². The summed E-state index contributed by atoms with van der Waals surface area (Å²) in [6, 6.07) is 42.8. The fourth-order valence-electron chi connectivity index (χ4n) is 7.48. The van der Waals surface area contributed by atoms with Crippen molar-refractivity contribution in [3.63, 3.8) is 0 Å². The molecule has 0 fully saturated rings. The highest BCUT2D eigenvalue weighted by Gasteiger charge is 2.39. The first-order valence-electron chi connectivity index (χ1n) is 16.1. The van der Waals surface area contributed by atoms with Crippen LogP contribution in [0.2, 0.25) is 0 Å². The smallest absolute Gasteiger partial charge is 0.181 e. The van der Waals surface area contributed by atoms with Gasteiger partial charge in [-0.2, -0.15) is 0 Å². The molecule has 0 bridgehead atoms. The second-order valence-corrected chi connectivity index (χ2v) is 12.0. The summed E-state index contributed by atoms with van der Waals surface area (Å²) in [5.74, 6) is 1.65. The molecule has 0 atom stereocenters. The van der Waals surface area contributed by atoms with Crippen molar-refractivity contribution in [2.24, 2.45) is 0 Å². The van der Waals surface area contributed by atoms with Gasteiger partial charge in [-0.1, -0.05) is 103 Å². The van der Waals surface area contributed by atoms with Crippen molar-refractivity contribution in [2.45, 2.75) is 0 Å². The fraction of sp³-hybridized carbons (Fsp3) is 0.0238. The van der Waals surface area contributed by atoms with Crippen molar-refractivity contribution in [1.29, 1.82) is 0 Å². The van der Waals surface area contributed by atoms with Gasteiger partial charge in [0, 0.05) is 28.6 Å². The van der Waals surface area contributed by atoms with Crippen molar-refractivity contribution in [3.05, 3.63) is 169 Å². The third kappa shape index (κ3) is 3.89. The van der Waals surface area contributed by atoms with Crippen LogP contribution in [0.4, 0.5) is 5.69 Å². The highest BCUT2D eigenvalue weighted by atomic mass is 16.3. The third-order valence-corrected chi connectivity index (χ3v) is 9.43. The lowest BCUT2D eigenvalue weighted by Gasteiger charge is -2.29. The number of benzene rings is 6. The van der Waals surface area contributed by atoms with Crippen LogP contribution in [0, 0.1) is 0 Å². The van der Waals surface area contributed by atoms with E-state index in [9.17, 15) is 0 Å². The van der Waals surface area contributed by atoms with E-state index in [0.717, 1.165) is 66.6 Å². The van der Waals surface area contributed by atoms with Crippen LogP contribution in [-0.2, 0) is 0 Å². The Hall–Kier alpha value is -6.53. The molecular formula is C42H27N5O. The lowest BCUT2D eigenvalue weighted by Crippen LogP contribution is -2.27. The summed E-state index contributed by atoms with van der Waals surface area (Å²) in [6.45, 7) is 0.697. The molecule has 10 rings (SSSR count). The van der Waals surface area contributed by atoms with Crippen LogP contribution in [0.25, 0.3) is 66.0 Å². The van der Waals surface area contributed by atoms with Crippen LogP contribution < -0.4 is 4.90 Å². The molecule has 2 aliphatic rings. The Labute approximate surface area is 276 Å². The zero-order valence-electron chi connectivity index (χ0n) is 25.8. The molecule has 2 aliphatic heterocycles. The number of allylic oxidation sites excluding steroid dienone is 2. The molecule has 0 saturated heterocycles. The predicted molar refractivity (Wildman–Crippen MR) is 194 cm³/mol. The van der Waals surface area contributed by atoms with Gasteiger partial charge in [0.25, 0.3) is 0 Å². The predicted octanol–water partition coefficient (Wildman–Crippen LogP) is 9.80. The number of anilines is 1. The summed E-state index contributed by atoms with van der Waals surface area (Å²) < 4.78 is 6.55. The number of hydrogen-bond acceptors (Lipinski definition) is 6. The van der Waals surface area contributed by atoms with Gasteiger partial charge < -0.3 is 9.32 Å².